The molecular formula is C17H18N4OS. The summed E-state index contributed by atoms with van der Waals surface area (Å²) in [5.41, 5.74) is 3.62. The molecule has 0 aliphatic carbocycles. The van der Waals surface area contributed by atoms with Crippen LogP contribution in [-0.2, 0) is 13.1 Å². The van der Waals surface area contributed by atoms with Gasteiger partial charge in [0.25, 0.3) is 5.91 Å². The van der Waals surface area contributed by atoms with Crippen LogP contribution < -0.4 is 5.32 Å². The van der Waals surface area contributed by atoms with E-state index in [1.807, 2.05) is 43.5 Å². The number of nitrogens with one attached hydrogen (secondary N) is 1. The average molecular weight is 326 g/mol. The number of carbonyl (C=O) groups excluding carboxylic acids is 1. The Bertz CT molecular complexity index is 804. The largest absolute Gasteiger partial charge is 0.347 e. The monoisotopic (exact) mass is 326 g/mol. The van der Waals surface area contributed by atoms with E-state index in [1.54, 1.807) is 28.3 Å². The number of carbonyl (C=O) groups is 1. The number of amides is 1. The zero-order valence-corrected chi connectivity index (χ0v) is 13.9. The van der Waals surface area contributed by atoms with Crippen molar-refractivity contribution in [2.24, 2.45) is 0 Å². The number of benzene rings is 1. The second-order valence-electron chi connectivity index (χ2n) is 5.23. The van der Waals surface area contributed by atoms with Crippen LogP contribution in [0.2, 0.25) is 0 Å². The third kappa shape index (κ3) is 3.65. The quantitative estimate of drug-likeness (QED) is 0.783. The molecule has 2 heterocycles. The van der Waals surface area contributed by atoms with Gasteiger partial charge in [-0.2, -0.15) is 5.10 Å². The zero-order valence-electron chi connectivity index (χ0n) is 13.1. The molecule has 1 aromatic carbocycles. The first-order chi connectivity index (χ1) is 11.2. The first-order valence-electron chi connectivity index (χ1n) is 7.49. The fourth-order valence-corrected chi connectivity index (χ4v) is 2.99. The van der Waals surface area contributed by atoms with E-state index in [4.69, 9.17) is 0 Å². The Morgan fingerprint density at radius 1 is 1.26 bits per heavy atom. The number of hydrogen-bond acceptors (Lipinski definition) is 4. The molecule has 0 saturated heterocycles. The van der Waals surface area contributed by atoms with Crippen LogP contribution in [-0.4, -0.2) is 20.7 Å². The second kappa shape index (κ2) is 6.75. The van der Waals surface area contributed by atoms with Gasteiger partial charge in [-0.05, 0) is 25.5 Å². The van der Waals surface area contributed by atoms with Gasteiger partial charge < -0.3 is 5.32 Å². The lowest BCUT2D eigenvalue weighted by atomic mass is 10.1. The van der Waals surface area contributed by atoms with Gasteiger partial charge in [0.2, 0.25) is 0 Å². The molecule has 0 saturated carbocycles. The Hall–Kier alpha value is -2.47. The first-order valence-corrected chi connectivity index (χ1v) is 8.37. The molecule has 0 spiro atoms. The maximum atomic E-state index is 12.0. The van der Waals surface area contributed by atoms with Gasteiger partial charge in [0.1, 0.15) is 10.7 Å². The second-order valence-corrected chi connectivity index (χ2v) is 6.09. The molecular weight excluding hydrogens is 308 g/mol. The number of aryl methyl sites for hydroxylation is 2. The molecule has 0 aliphatic heterocycles. The van der Waals surface area contributed by atoms with E-state index < -0.39 is 0 Å². The van der Waals surface area contributed by atoms with Crippen LogP contribution in [0.25, 0.3) is 10.6 Å². The number of thiazole rings is 1. The third-order valence-electron chi connectivity index (χ3n) is 3.47. The number of nitrogens with zero attached hydrogens (tertiary/aromatic N) is 3. The van der Waals surface area contributed by atoms with Crippen LogP contribution in [0.3, 0.4) is 0 Å². The summed E-state index contributed by atoms with van der Waals surface area (Å²) >= 11 is 1.64. The molecule has 3 rings (SSSR count). The first kappa shape index (κ1) is 15.4. The summed E-state index contributed by atoms with van der Waals surface area (Å²) < 4.78 is 1.74. The highest BCUT2D eigenvalue weighted by Gasteiger charge is 2.09. The summed E-state index contributed by atoms with van der Waals surface area (Å²) in [6, 6.07) is 9.82. The highest BCUT2D eigenvalue weighted by atomic mass is 32.1. The molecule has 5 nitrogen and oxygen atoms in total. The molecule has 0 radical (unpaired) electrons. The summed E-state index contributed by atoms with van der Waals surface area (Å²) in [5, 5.41) is 10.1. The summed E-state index contributed by atoms with van der Waals surface area (Å²) in [4.78, 5) is 16.5. The molecule has 2 aromatic heterocycles. The van der Waals surface area contributed by atoms with Gasteiger partial charge in [0, 0.05) is 35.9 Å². The molecule has 1 N–H and O–H groups in total. The van der Waals surface area contributed by atoms with Crippen LogP contribution in [0, 0.1) is 6.92 Å². The average Bonchev–Trinajstić information content (AvgIpc) is 3.22. The van der Waals surface area contributed by atoms with Gasteiger partial charge in [-0.1, -0.05) is 24.3 Å². The van der Waals surface area contributed by atoms with Crippen LogP contribution in [0.5, 0.6) is 0 Å². The maximum Gasteiger partial charge on any atom is 0.272 e. The SMILES string of the molecule is CCn1ccc(C(=O)NCc2ccc(-c3nc(C)cs3)cc2)n1. The highest BCUT2D eigenvalue weighted by Crippen LogP contribution is 2.23. The predicted molar refractivity (Wildman–Crippen MR) is 91.4 cm³/mol. The minimum absolute atomic E-state index is 0.156. The lowest BCUT2D eigenvalue weighted by molar-refractivity contribution is 0.0945. The molecule has 1 amide bonds. The molecule has 0 unspecified atom stereocenters. The highest BCUT2D eigenvalue weighted by molar-refractivity contribution is 7.13. The van der Waals surface area contributed by atoms with E-state index in [0.29, 0.717) is 12.2 Å². The van der Waals surface area contributed by atoms with Gasteiger partial charge in [0.05, 0.1) is 0 Å². The standard InChI is InChI=1S/C17H18N4OS/c1-3-21-9-8-15(20-21)16(22)18-10-13-4-6-14(7-5-13)17-19-12(2)11-23-17/h4-9,11H,3,10H2,1-2H3,(H,18,22). The molecule has 23 heavy (non-hydrogen) atoms. The van der Waals surface area contributed by atoms with Crippen molar-refractivity contribution in [2.45, 2.75) is 26.9 Å². The minimum Gasteiger partial charge on any atom is -0.347 e. The Kier molecular flexibility index (Phi) is 4.52. The number of hydrogen-bond donors (Lipinski definition) is 1. The Labute approximate surface area is 139 Å². The van der Waals surface area contributed by atoms with Crippen molar-refractivity contribution in [2.75, 3.05) is 0 Å². The topological polar surface area (TPSA) is 59.8 Å². The fourth-order valence-electron chi connectivity index (χ4n) is 2.18. The van der Waals surface area contributed by atoms with Crippen molar-refractivity contribution in [1.82, 2.24) is 20.1 Å². The molecule has 118 valence electrons. The van der Waals surface area contributed by atoms with Crippen molar-refractivity contribution >= 4 is 17.2 Å². The van der Waals surface area contributed by atoms with Gasteiger partial charge >= 0.3 is 0 Å². The van der Waals surface area contributed by atoms with E-state index in [1.165, 1.54) is 0 Å². The van der Waals surface area contributed by atoms with Crippen LogP contribution in [0.15, 0.2) is 41.9 Å². The number of rotatable bonds is 5. The molecule has 6 heteroatoms. The van der Waals surface area contributed by atoms with Crippen molar-refractivity contribution in [3.63, 3.8) is 0 Å². The van der Waals surface area contributed by atoms with E-state index in [-0.39, 0.29) is 5.91 Å². The molecule has 0 bridgehead atoms. The smallest absolute Gasteiger partial charge is 0.272 e. The van der Waals surface area contributed by atoms with E-state index in [9.17, 15) is 4.79 Å². The lowest BCUT2D eigenvalue weighted by Crippen LogP contribution is -2.23. The van der Waals surface area contributed by atoms with E-state index in [2.05, 4.69) is 15.4 Å². The predicted octanol–water partition coefficient (Wildman–Crippen LogP) is 3.26. The molecule has 0 atom stereocenters. The summed E-state index contributed by atoms with van der Waals surface area (Å²) in [5.74, 6) is -0.156. The van der Waals surface area contributed by atoms with Gasteiger partial charge in [0.15, 0.2) is 0 Å². The Morgan fingerprint density at radius 3 is 2.65 bits per heavy atom. The maximum absolute atomic E-state index is 12.0. The Morgan fingerprint density at radius 2 is 2.04 bits per heavy atom. The lowest BCUT2D eigenvalue weighted by Gasteiger charge is -2.04. The fraction of sp³-hybridized carbons (Fsp3) is 0.235. The molecule has 0 aliphatic rings. The molecule has 3 aromatic rings. The van der Waals surface area contributed by atoms with Gasteiger partial charge in [-0.25, -0.2) is 4.98 Å². The Balaban J connectivity index is 1.61. The van der Waals surface area contributed by atoms with Crippen LogP contribution >= 0.6 is 11.3 Å². The van der Waals surface area contributed by atoms with Crippen molar-refractivity contribution in [3.8, 4) is 10.6 Å². The van der Waals surface area contributed by atoms with E-state index in [0.717, 1.165) is 28.4 Å². The van der Waals surface area contributed by atoms with Crippen molar-refractivity contribution in [3.05, 3.63) is 58.9 Å². The third-order valence-corrected chi connectivity index (χ3v) is 4.48. The van der Waals surface area contributed by atoms with E-state index >= 15 is 0 Å². The van der Waals surface area contributed by atoms with Gasteiger partial charge in [-0.15, -0.1) is 11.3 Å². The van der Waals surface area contributed by atoms with Crippen molar-refractivity contribution < 1.29 is 4.79 Å². The molecule has 0 fully saturated rings. The zero-order chi connectivity index (χ0) is 16.2. The van der Waals surface area contributed by atoms with Crippen LogP contribution in [0.4, 0.5) is 0 Å². The summed E-state index contributed by atoms with van der Waals surface area (Å²) in [6.45, 7) is 5.21. The normalized spacial score (nSPS) is 10.7. The summed E-state index contributed by atoms with van der Waals surface area (Å²) in [6.07, 6.45) is 1.81. The van der Waals surface area contributed by atoms with Gasteiger partial charge in [-0.3, -0.25) is 9.48 Å². The summed E-state index contributed by atoms with van der Waals surface area (Å²) in [7, 11) is 0. The number of aromatic nitrogens is 3. The minimum atomic E-state index is -0.156. The van der Waals surface area contributed by atoms with Crippen LogP contribution in [0.1, 0.15) is 28.7 Å². The van der Waals surface area contributed by atoms with Crippen molar-refractivity contribution in [1.29, 1.82) is 0 Å².